The molecule has 0 atom stereocenters. The van der Waals surface area contributed by atoms with Crippen LogP contribution in [0.25, 0.3) is 0 Å². The number of primary amides is 1. The standard InChI is InChI=1S/C21H26N4O3/c1-28-19-5-3-2-4-18(19)25-14-12-24(13-15-25)11-10-20(26)23-17-8-6-16(7-9-17)21(22)27/h2-9H,10-15H2,1H3,(H2,22,27)(H,23,26). The largest absolute Gasteiger partial charge is 0.495 e. The molecule has 148 valence electrons. The topological polar surface area (TPSA) is 87.9 Å². The molecule has 2 aromatic rings. The van der Waals surface area contributed by atoms with Gasteiger partial charge < -0.3 is 20.7 Å². The van der Waals surface area contributed by atoms with Gasteiger partial charge in [0, 0.05) is 50.4 Å². The van der Waals surface area contributed by atoms with Gasteiger partial charge in [0.15, 0.2) is 0 Å². The summed E-state index contributed by atoms with van der Waals surface area (Å²) in [5.74, 6) is 0.363. The lowest BCUT2D eigenvalue weighted by molar-refractivity contribution is -0.116. The number of hydrogen-bond acceptors (Lipinski definition) is 5. The number of para-hydroxylation sites is 2. The second-order valence-corrected chi connectivity index (χ2v) is 6.74. The van der Waals surface area contributed by atoms with E-state index in [1.807, 2.05) is 18.2 Å². The molecule has 7 nitrogen and oxygen atoms in total. The summed E-state index contributed by atoms with van der Waals surface area (Å²) >= 11 is 0. The fourth-order valence-corrected chi connectivity index (χ4v) is 3.30. The van der Waals surface area contributed by atoms with E-state index in [0.717, 1.165) is 37.6 Å². The molecule has 28 heavy (non-hydrogen) atoms. The van der Waals surface area contributed by atoms with Gasteiger partial charge in [-0.05, 0) is 36.4 Å². The van der Waals surface area contributed by atoms with E-state index >= 15 is 0 Å². The highest BCUT2D eigenvalue weighted by Gasteiger charge is 2.19. The first kappa shape index (κ1) is 19.7. The van der Waals surface area contributed by atoms with E-state index in [2.05, 4.69) is 21.2 Å². The van der Waals surface area contributed by atoms with Gasteiger partial charge in [-0.2, -0.15) is 0 Å². The van der Waals surface area contributed by atoms with Crippen molar-refractivity contribution < 1.29 is 14.3 Å². The predicted molar refractivity (Wildman–Crippen MR) is 110 cm³/mol. The summed E-state index contributed by atoms with van der Waals surface area (Å²) in [7, 11) is 1.69. The molecule has 0 radical (unpaired) electrons. The van der Waals surface area contributed by atoms with Crippen molar-refractivity contribution in [1.82, 2.24) is 4.90 Å². The molecule has 0 spiro atoms. The van der Waals surface area contributed by atoms with Crippen LogP contribution in [-0.2, 0) is 4.79 Å². The minimum Gasteiger partial charge on any atom is -0.495 e. The molecule has 0 aliphatic carbocycles. The number of ether oxygens (including phenoxy) is 1. The summed E-state index contributed by atoms with van der Waals surface area (Å²) < 4.78 is 5.45. The molecule has 2 aromatic carbocycles. The molecule has 3 rings (SSSR count). The zero-order valence-corrected chi connectivity index (χ0v) is 16.1. The summed E-state index contributed by atoms with van der Waals surface area (Å²) in [6.07, 6.45) is 0.423. The van der Waals surface area contributed by atoms with Gasteiger partial charge >= 0.3 is 0 Å². The second-order valence-electron chi connectivity index (χ2n) is 6.74. The summed E-state index contributed by atoms with van der Waals surface area (Å²) in [6.45, 7) is 4.31. The van der Waals surface area contributed by atoms with Crippen molar-refractivity contribution in [3.8, 4) is 5.75 Å². The van der Waals surface area contributed by atoms with E-state index in [9.17, 15) is 9.59 Å². The Morgan fingerprint density at radius 1 is 1.04 bits per heavy atom. The zero-order chi connectivity index (χ0) is 19.9. The molecule has 1 aliphatic heterocycles. The number of nitrogens with zero attached hydrogens (tertiary/aromatic N) is 2. The van der Waals surface area contributed by atoms with Crippen LogP contribution in [0.15, 0.2) is 48.5 Å². The predicted octanol–water partition coefficient (Wildman–Crippen LogP) is 1.94. The number of carbonyl (C=O) groups is 2. The third-order valence-electron chi connectivity index (χ3n) is 4.91. The lowest BCUT2D eigenvalue weighted by Crippen LogP contribution is -2.47. The van der Waals surface area contributed by atoms with Crippen molar-refractivity contribution >= 4 is 23.2 Å². The van der Waals surface area contributed by atoms with Crippen molar-refractivity contribution in [2.24, 2.45) is 5.73 Å². The first-order valence-electron chi connectivity index (χ1n) is 9.37. The second kappa shape index (κ2) is 9.23. The number of hydrogen-bond donors (Lipinski definition) is 2. The van der Waals surface area contributed by atoms with Crippen molar-refractivity contribution in [3.05, 3.63) is 54.1 Å². The number of amides is 2. The van der Waals surface area contributed by atoms with Gasteiger partial charge in [-0.1, -0.05) is 12.1 Å². The number of nitrogens with two attached hydrogens (primary N) is 1. The van der Waals surface area contributed by atoms with Crippen LogP contribution in [0.5, 0.6) is 5.75 Å². The van der Waals surface area contributed by atoms with E-state index in [-0.39, 0.29) is 5.91 Å². The van der Waals surface area contributed by atoms with Crippen molar-refractivity contribution in [1.29, 1.82) is 0 Å². The molecule has 7 heteroatoms. The van der Waals surface area contributed by atoms with Gasteiger partial charge in [0.05, 0.1) is 12.8 Å². The van der Waals surface area contributed by atoms with Gasteiger partial charge in [-0.3, -0.25) is 14.5 Å². The molecule has 1 saturated heterocycles. The van der Waals surface area contributed by atoms with Crippen molar-refractivity contribution in [2.45, 2.75) is 6.42 Å². The van der Waals surface area contributed by atoms with Crippen LogP contribution in [0.2, 0.25) is 0 Å². The Kier molecular flexibility index (Phi) is 6.49. The van der Waals surface area contributed by atoms with Crippen LogP contribution >= 0.6 is 0 Å². The van der Waals surface area contributed by atoms with Gasteiger partial charge in [0.2, 0.25) is 11.8 Å². The van der Waals surface area contributed by atoms with Gasteiger partial charge in [0.25, 0.3) is 0 Å². The lowest BCUT2D eigenvalue weighted by atomic mass is 10.2. The number of methoxy groups -OCH3 is 1. The Balaban J connectivity index is 1.43. The van der Waals surface area contributed by atoms with E-state index in [1.54, 1.807) is 31.4 Å². The highest BCUT2D eigenvalue weighted by Crippen LogP contribution is 2.28. The van der Waals surface area contributed by atoms with Gasteiger partial charge in [-0.15, -0.1) is 0 Å². The Hall–Kier alpha value is -3.06. The molecule has 1 fully saturated rings. The summed E-state index contributed by atoms with van der Waals surface area (Å²) in [5.41, 5.74) is 7.41. The fraction of sp³-hybridized carbons (Fsp3) is 0.333. The van der Waals surface area contributed by atoms with Crippen molar-refractivity contribution in [3.63, 3.8) is 0 Å². The average Bonchev–Trinajstić information content (AvgIpc) is 2.73. The normalized spacial score (nSPS) is 14.5. The van der Waals surface area contributed by atoms with Crippen molar-refractivity contribution in [2.75, 3.05) is 50.1 Å². The minimum absolute atomic E-state index is 0.0426. The molecule has 0 unspecified atom stereocenters. The first-order chi connectivity index (χ1) is 13.6. The van der Waals surface area contributed by atoms with Crippen LogP contribution < -0.4 is 20.7 Å². The van der Waals surface area contributed by atoms with E-state index in [0.29, 0.717) is 24.2 Å². The van der Waals surface area contributed by atoms with E-state index in [4.69, 9.17) is 10.5 Å². The van der Waals surface area contributed by atoms with Crippen LogP contribution in [0.3, 0.4) is 0 Å². The number of piperazine rings is 1. The smallest absolute Gasteiger partial charge is 0.248 e. The molecular weight excluding hydrogens is 356 g/mol. The average molecular weight is 382 g/mol. The maximum atomic E-state index is 12.2. The molecule has 2 amide bonds. The van der Waals surface area contributed by atoms with Crippen LogP contribution in [0.4, 0.5) is 11.4 Å². The van der Waals surface area contributed by atoms with Gasteiger partial charge in [0.1, 0.15) is 5.75 Å². The lowest BCUT2D eigenvalue weighted by Gasteiger charge is -2.36. The zero-order valence-electron chi connectivity index (χ0n) is 16.1. The SMILES string of the molecule is COc1ccccc1N1CCN(CCC(=O)Nc2ccc(C(N)=O)cc2)CC1. The highest BCUT2D eigenvalue weighted by molar-refractivity contribution is 5.94. The van der Waals surface area contributed by atoms with Gasteiger partial charge in [-0.25, -0.2) is 0 Å². The number of anilines is 2. The maximum absolute atomic E-state index is 12.2. The third-order valence-corrected chi connectivity index (χ3v) is 4.91. The molecule has 1 heterocycles. The van der Waals surface area contributed by atoms with E-state index < -0.39 is 5.91 Å². The minimum atomic E-state index is -0.481. The molecule has 1 aliphatic rings. The summed E-state index contributed by atoms with van der Waals surface area (Å²) in [4.78, 5) is 27.9. The molecule has 3 N–H and O–H groups in total. The molecule has 0 bridgehead atoms. The molecule has 0 saturated carbocycles. The monoisotopic (exact) mass is 382 g/mol. The number of rotatable bonds is 7. The number of nitrogens with one attached hydrogen (secondary N) is 1. The molecule has 0 aromatic heterocycles. The van der Waals surface area contributed by atoms with Crippen LogP contribution in [0, 0.1) is 0 Å². The maximum Gasteiger partial charge on any atom is 0.248 e. The highest BCUT2D eigenvalue weighted by atomic mass is 16.5. The number of benzene rings is 2. The van der Waals surface area contributed by atoms with Crippen LogP contribution in [-0.4, -0.2) is 56.5 Å². The quantitative estimate of drug-likeness (QED) is 0.764. The Morgan fingerprint density at radius 2 is 1.71 bits per heavy atom. The first-order valence-corrected chi connectivity index (χ1v) is 9.37. The molecular formula is C21H26N4O3. The Morgan fingerprint density at radius 3 is 2.36 bits per heavy atom. The van der Waals surface area contributed by atoms with E-state index in [1.165, 1.54) is 0 Å². The number of carbonyl (C=O) groups excluding carboxylic acids is 2. The Bertz CT molecular complexity index is 815. The fourth-order valence-electron chi connectivity index (χ4n) is 3.30. The summed E-state index contributed by atoms with van der Waals surface area (Å²) in [5, 5.41) is 2.85. The third kappa shape index (κ3) is 5.01. The Labute approximate surface area is 165 Å². The summed E-state index contributed by atoms with van der Waals surface area (Å²) in [6, 6.07) is 14.6. The van der Waals surface area contributed by atoms with Crippen LogP contribution in [0.1, 0.15) is 16.8 Å².